The van der Waals surface area contributed by atoms with Gasteiger partial charge in [0.25, 0.3) is 0 Å². The van der Waals surface area contributed by atoms with E-state index in [-0.39, 0.29) is 11.8 Å². The third-order valence-electron chi connectivity index (χ3n) is 5.67. The van der Waals surface area contributed by atoms with Crippen LogP contribution in [0.3, 0.4) is 0 Å². The lowest BCUT2D eigenvalue weighted by molar-refractivity contribution is 0.434. The van der Waals surface area contributed by atoms with E-state index >= 15 is 0 Å². The monoisotopic (exact) mass is 495 g/mol. The first-order chi connectivity index (χ1) is 15.9. The smallest absolute Gasteiger partial charge is 0.174 e. The van der Waals surface area contributed by atoms with Gasteiger partial charge in [-0.2, -0.15) is 0 Å². The SMILES string of the molecule is Cc1ccc(-c2ccc([C@@H]3[C@H](c4ccccn4)NC(=S)N3c3cc(Cl)ccc3O)o2)cc1Cl. The molecule has 3 heterocycles. The van der Waals surface area contributed by atoms with E-state index in [0.717, 1.165) is 16.8 Å². The maximum absolute atomic E-state index is 10.6. The van der Waals surface area contributed by atoms with Gasteiger partial charge in [0.1, 0.15) is 23.3 Å². The van der Waals surface area contributed by atoms with E-state index in [1.807, 2.05) is 60.4 Å². The van der Waals surface area contributed by atoms with Crippen molar-refractivity contribution in [3.05, 3.63) is 100.0 Å². The summed E-state index contributed by atoms with van der Waals surface area (Å²) in [7, 11) is 0. The van der Waals surface area contributed by atoms with Crippen LogP contribution in [0, 0.1) is 6.92 Å². The molecular weight excluding hydrogens is 477 g/mol. The van der Waals surface area contributed by atoms with Gasteiger partial charge in [-0.15, -0.1) is 0 Å². The van der Waals surface area contributed by atoms with Crippen molar-refractivity contribution >= 4 is 46.2 Å². The fourth-order valence-corrected chi connectivity index (χ4v) is 4.69. The second-order valence-electron chi connectivity index (χ2n) is 7.80. The van der Waals surface area contributed by atoms with E-state index in [0.29, 0.717) is 32.4 Å². The van der Waals surface area contributed by atoms with E-state index in [4.69, 9.17) is 39.8 Å². The molecule has 0 amide bonds. The molecule has 2 aromatic heterocycles. The Morgan fingerprint density at radius 1 is 1.06 bits per heavy atom. The van der Waals surface area contributed by atoms with Crippen LogP contribution in [-0.2, 0) is 0 Å². The number of hydrogen-bond acceptors (Lipinski definition) is 4. The lowest BCUT2D eigenvalue weighted by Crippen LogP contribution is -2.29. The van der Waals surface area contributed by atoms with Crippen LogP contribution >= 0.6 is 35.4 Å². The minimum atomic E-state index is -0.411. The number of benzene rings is 2. The Morgan fingerprint density at radius 3 is 2.67 bits per heavy atom. The second kappa shape index (κ2) is 8.71. The third kappa shape index (κ3) is 4.06. The van der Waals surface area contributed by atoms with Gasteiger partial charge in [0.05, 0.1) is 17.4 Å². The third-order valence-corrected chi connectivity index (χ3v) is 6.63. The van der Waals surface area contributed by atoms with Crippen LogP contribution in [0.2, 0.25) is 10.0 Å². The summed E-state index contributed by atoms with van der Waals surface area (Å²) in [6, 6.07) is 19.5. The lowest BCUT2D eigenvalue weighted by atomic mass is 10.0. The molecule has 33 heavy (non-hydrogen) atoms. The molecule has 2 atom stereocenters. The molecule has 166 valence electrons. The first-order valence-corrected chi connectivity index (χ1v) is 11.4. The largest absolute Gasteiger partial charge is 0.506 e. The summed E-state index contributed by atoms with van der Waals surface area (Å²) in [6.45, 7) is 1.96. The number of phenolic OH excluding ortho intramolecular Hbond substituents is 1. The fraction of sp³-hybridized carbons (Fsp3) is 0.120. The average Bonchev–Trinajstić information content (AvgIpc) is 3.42. The number of hydrogen-bond donors (Lipinski definition) is 2. The summed E-state index contributed by atoms with van der Waals surface area (Å²) in [5.41, 5.74) is 3.15. The molecule has 2 N–H and O–H groups in total. The van der Waals surface area contributed by atoms with Crippen molar-refractivity contribution in [2.45, 2.75) is 19.0 Å². The molecule has 1 aliphatic heterocycles. The number of furan rings is 1. The molecule has 0 saturated carbocycles. The van der Waals surface area contributed by atoms with Crippen LogP contribution in [0.4, 0.5) is 5.69 Å². The predicted molar refractivity (Wildman–Crippen MR) is 135 cm³/mol. The van der Waals surface area contributed by atoms with Gasteiger partial charge in [-0.05, 0) is 73.2 Å². The number of rotatable bonds is 4. The van der Waals surface area contributed by atoms with Crippen molar-refractivity contribution in [1.29, 1.82) is 0 Å². The van der Waals surface area contributed by atoms with Crippen molar-refractivity contribution in [3.63, 3.8) is 0 Å². The molecule has 0 spiro atoms. The molecule has 1 fully saturated rings. The molecule has 5 rings (SSSR count). The van der Waals surface area contributed by atoms with Crippen molar-refractivity contribution in [1.82, 2.24) is 10.3 Å². The van der Waals surface area contributed by atoms with E-state index in [9.17, 15) is 5.11 Å². The van der Waals surface area contributed by atoms with Crippen LogP contribution in [0.5, 0.6) is 5.75 Å². The van der Waals surface area contributed by atoms with E-state index in [1.165, 1.54) is 0 Å². The number of aromatic nitrogens is 1. The summed E-state index contributed by atoms with van der Waals surface area (Å²) in [5, 5.41) is 15.6. The zero-order valence-corrected chi connectivity index (χ0v) is 19.8. The van der Waals surface area contributed by atoms with Gasteiger partial charge >= 0.3 is 0 Å². The highest BCUT2D eigenvalue weighted by Crippen LogP contribution is 2.46. The summed E-state index contributed by atoms with van der Waals surface area (Å²) in [5.74, 6) is 1.40. The maximum Gasteiger partial charge on any atom is 0.174 e. The predicted octanol–water partition coefficient (Wildman–Crippen LogP) is 6.84. The zero-order valence-electron chi connectivity index (χ0n) is 17.5. The van der Waals surface area contributed by atoms with Crippen molar-refractivity contribution in [2.24, 2.45) is 0 Å². The summed E-state index contributed by atoms with van der Waals surface area (Å²) < 4.78 is 6.33. The number of halogens is 2. The Labute approximate surface area is 206 Å². The van der Waals surface area contributed by atoms with Crippen LogP contribution in [-0.4, -0.2) is 15.2 Å². The molecule has 0 bridgehead atoms. The number of aromatic hydroxyl groups is 1. The van der Waals surface area contributed by atoms with Gasteiger partial charge in [-0.25, -0.2) is 0 Å². The Bertz CT molecular complexity index is 1340. The molecule has 1 aliphatic rings. The standard InChI is InChI=1S/C25H19Cl2N3O2S/c1-14-5-6-15(12-17(14)27)21-9-10-22(32-21)24-23(18-4-2-3-11-28-18)29-25(33)30(24)19-13-16(26)7-8-20(19)31/h2-13,23-24,31H,1H3,(H,29,33)/t23-,24+/m0/s1. The summed E-state index contributed by atoms with van der Waals surface area (Å²) >= 11 is 18.3. The zero-order chi connectivity index (χ0) is 23.1. The number of nitrogens with zero attached hydrogens (tertiary/aromatic N) is 2. The minimum absolute atomic E-state index is 0.0623. The number of phenols is 1. The van der Waals surface area contributed by atoms with Crippen molar-refractivity contribution < 1.29 is 9.52 Å². The molecular formula is C25H19Cl2N3O2S. The molecule has 0 radical (unpaired) electrons. The van der Waals surface area contributed by atoms with Gasteiger partial charge in [0.15, 0.2) is 5.11 Å². The quantitative estimate of drug-likeness (QED) is 0.302. The fourth-order valence-electron chi connectivity index (χ4n) is 4.01. The summed E-state index contributed by atoms with van der Waals surface area (Å²) in [6.07, 6.45) is 1.73. The highest BCUT2D eigenvalue weighted by atomic mass is 35.5. The van der Waals surface area contributed by atoms with E-state index in [1.54, 1.807) is 24.4 Å². The number of thiocarbonyl (C=S) groups is 1. The highest BCUT2D eigenvalue weighted by molar-refractivity contribution is 7.80. The van der Waals surface area contributed by atoms with Crippen LogP contribution in [0.1, 0.15) is 29.1 Å². The number of nitrogens with one attached hydrogen (secondary N) is 1. The Balaban J connectivity index is 1.62. The second-order valence-corrected chi connectivity index (χ2v) is 9.03. The van der Waals surface area contributed by atoms with E-state index in [2.05, 4.69) is 10.3 Å². The van der Waals surface area contributed by atoms with Gasteiger partial charge in [-0.1, -0.05) is 41.4 Å². The minimum Gasteiger partial charge on any atom is -0.506 e. The van der Waals surface area contributed by atoms with Gasteiger partial charge in [0, 0.05) is 21.8 Å². The number of pyridine rings is 1. The normalized spacial score (nSPS) is 17.9. The lowest BCUT2D eigenvalue weighted by Gasteiger charge is -2.26. The maximum atomic E-state index is 10.6. The van der Waals surface area contributed by atoms with Gasteiger partial charge in [-0.3, -0.25) is 4.98 Å². The molecule has 4 aromatic rings. The average molecular weight is 496 g/mol. The number of anilines is 1. The Kier molecular flexibility index (Phi) is 5.74. The first-order valence-electron chi connectivity index (χ1n) is 10.3. The van der Waals surface area contributed by atoms with E-state index < -0.39 is 6.04 Å². The molecule has 2 aromatic carbocycles. The van der Waals surface area contributed by atoms with Crippen molar-refractivity contribution in [3.8, 4) is 17.1 Å². The molecule has 8 heteroatoms. The topological polar surface area (TPSA) is 61.5 Å². The summed E-state index contributed by atoms with van der Waals surface area (Å²) in [4.78, 5) is 6.35. The van der Waals surface area contributed by atoms with Crippen molar-refractivity contribution in [2.75, 3.05) is 4.90 Å². The first kappa shape index (κ1) is 21.8. The van der Waals surface area contributed by atoms with Gasteiger partial charge in [0.2, 0.25) is 0 Å². The Hall–Kier alpha value is -3.06. The van der Waals surface area contributed by atoms with Crippen LogP contribution in [0.25, 0.3) is 11.3 Å². The molecule has 0 unspecified atom stereocenters. The van der Waals surface area contributed by atoms with Crippen LogP contribution in [0.15, 0.2) is 77.3 Å². The Morgan fingerprint density at radius 2 is 1.91 bits per heavy atom. The highest BCUT2D eigenvalue weighted by Gasteiger charge is 2.43. The number of aryl methyl sites for hydroxylation is 1. The molecule has 1 saturated heterocycles. The van der Waals surface area contributed by atoms with Gasteiger partial charge < -0.3 is 19.7 Å². The molecule has 5 nitrogen and oxygen atoms in total. The van der Waals surface area contributed by atoms with Crippen LogP contribution < -0.4 is 10.2 Å². The molecule has 0 aliphatic carbocycles.